The molecule has 1 fully saturated rings. The number of anilines is 2. The summed E-state index contributed by atoms with van der Waals surface area (Å²) < 4.78 is 12.1. The van der Waals surface area contributed by atoms with Crippen molar-refractivity contribution in [3.05, 3.63) is 97.3 Å². The Morgan fingerprint density at radius 3 is 2.42 bits per heavy atom. The number of carbonyl (C=O) groups excluding carboxylic acids is 2. The normalized spacial score (nSPS) is 17.8. The van der Waals surface area contributed by atoms with Gasteiger partial charge in [-0.3, -0.25) is 19.7 Å². The van der Waals surface area contributed by atoms with E-state index in [9.17, 15) is 24.1 Å². The minimum absolute atomic E-state index is 0.00310. The molecule has 3 aromatic carbocycles. The van der Waals surface area contributed by atoms with Crippen LogP contribution in [0, 0.1) is 28.8 Å². The molecule has 0 saturated heterocycles. The molecule has 3 aromatic rings. The predicted octanol–water partition coefficient (Wildman–Crippen LogP) is 7.13. The number of para-hydroxylation sites is 1. The number of amides is 2. The summed E-state index contributed by atoms with van der Waals surface area (Å²) in [6.45, 7) is 1.55. The Kier molecular flexibility index (Phi) is 7.16. The average molecular weight is 571 g/mol. The molecule has 0 unspecified atom stereocenters. The van der Waals surface area contributed by atoms with Gasteiger partial charge in [0.2, 0.25) is 5.91 Å². The second-order valence-electron chi connectivity index (χ2n) is 8.17. The molecule has 0 bridgehead atoms. The Morgan fingerprint density at radius 1 is 1.03 bits per heavy atom. The Balaban J connectivity index is 1.53. The van der Waals surface area contributed by atoms with Crippen LogP contribution in [0.4, 0.5) is 21.5 Å². The Morgan fingerprint density at radius 2 is 1.75 bits per heavy atom. The van der Waals surface area contributed by atoms with Crippen molar-refractivity contribution in [2.45, 2.75) is 17.2 Å². The molecular weight excluding hydrogens is 555 g/mol. The lowest BCUT2D eigenvalue weighted by Crippen LogP contribution is -2.18. The number of hydrogen-bond donors (Lipinski definition) is 2. The number of halogens is 5. The molecule has 7 nitrogen and oxygen atoms in total. The Labute approximate surface area is 224 Å². The van der Waals surface area contributed by atoms with E-state index in [1.807, 2.05) is 0 Å². The Hall–Kier alpha value is -2.91. The highest BCUT2D eigenvalue weighted by molar-refractivity contribution is 6.53. The molecule has 0 aromatic heterocycles. The van der Waals surface area contributed by atoms with Gasteiger partial charge in [0.15, 0.2) is 0 Å². The number of nitrogens with zero attached hydrogens (tertiary/aromatic N) is 1. The minimum atomic E-state index is -1.44. The molecule has 12 heteroatoms. The molecule has 0 spiro atoms. The van der Waals surface area contributed by atoms with Gasteiger partial charge >= 0.3 is 0 Å². The largest absolute Gasteiger partial charge is 0.326 e. The number of hydrogen-bond acceptors (Lipinski definition) is 4. The van der Waals surface area contributed by atoms with Crippen LogP contribution < -0.4 is 10.6 Å². The smallest absolute Gasteiger partial charge is 0.295 e. The third kappa shape index (κ3) is 4.99. The minimum Gasteiger partial charge on any atom is -0.326 e. The van der Waals surface area contributed by atoms with Crippen LogP contribution >= 0.6 is 46.4 Å². The number of nitrogens with one attached hydrogen (secondary N) is 2. The summed E-state index contributed by atoms with van der Waals surface area (Å²) in [7, 11) is 0. The lowest BCUT2D eigenvalue weighted by molar-refractivity contribution is -0.384. The van der Waals surface area contributed by atoms with Crippen molar-refractivity contribution in [1.82, 2.24) is 0 Å². The highest BCUT2D eigenvalue weighted by atomic mass is 35.5. The molecule has 4 rings (SSSR count). The summed E-state index contributed by atoms with van der Waals surface area (Å²) in [5, 5.41) is 16.5. The van der Waals surface area contributed by atoms with E-state index in [-0.39, 0.29) is 32.7 Å². The number of benzene rings is 3. The molecule has 186 valence electrons. The van der Waals surface area contributed by atoms with Gasteiger partial charge in [-0.2, -0.15) is 0 Å². The molecule has 2 N–H and O–H groups in total. The molecule has 2 atom stereocenters. The molecule has 0 radical (unpaired) electrons. The molecule has 2 amide bonds. The van der Waals surface area contributed by atoms with Crippen LogP contribution in [0.3, 0.4) is 0 Å². The maximum atomic E-state index is 13.5. The highest BCUT2D eigenvalue weighted by Crippen LogP contribution is 2.65. The first kappa shape index (κ1) is 26.2. The van der Waals surface area contributed by atoms with Crippen molar-refractivity contribution in [3.8, 4) is 0 Å². The van der Waals surface area contributed by atoms with Gasteiger partial charge < -0.3 is 10.6 Å². The summed E-state index contributed by atoms with van der Waals surface area (Å²) in [5.41, 5.74) is 0.835. The van der Waals surface area contributed by atoms with Crippen molar-refractivity contribution < 1.29 is 18.9 Å². The SMILES string of the molecule is Cc1cccc(NC(=O)c2cc(NC(=O)[C@H]3[C@H](c4ccc(F)c(Cl)c4)C3(Cl)Cl)ccc2Cl)c1[N+](=O)[O-]. The first-order valence-corrected chi connectivity index (χ1v) is 11.9. The first-order valence-electron chi connectivity index (χ1n) is 10.4. The standard InChI is InChI=1S/C24H16Cl4FN3O4/c1-11-3-2-4-18(21(11)32(35)36)31-22(33)14-10-13(6-7-15(14)25)30-23(34)20-19(24(20,27)28)12-5-8-17(29)16(26)9-12/h2-10,19-20H,1H3,(H,30,34)(H,31,33)/t19-,20+/m0/s1. The van der Waals surface area contributed by atoms with Crippen molar-refractivity contribution >= 4 is 75.3 Å². The fourth-order valence-electron chi connectivity index (χ4n) is 3.96. The number of nitro benzene ring substituents is 1. The van der Waals surface area contributed by atoms with E-state index in [0.717, 1.165) is 6.07 Å². The summed E-state index contributed by atoms with van der Waals surface area (Å²) >= 11 is 24.7. The summed E-state index contributed by atoms with van der Waals surface area (Å²) in [5.74, 6) is -3.35. The fourth-order valence-corrected chi connectivity index (χ4v) is 5.18. The van der Waals surface area contributed by atoms with Crippen LogP contribution in [0.15, 0.2) is 54.6 Å². The third-order valence-corrected chi connectivity index (χ3v) is 7.35. The van der Waals surface area contributed by atoms with Gasteiger partial charge in [0.25, 0.3) is 11.6 Å². The van der Waals surface area contributed by atoms with Crippen molar-refractivity contribution in [2.75, 3.05) is 10.6 Å². The zero-order valence-corrected chi connectivity index (χ0v) is 21.3. The lowest BCUT2D eigenvalue weighted by Gasteiger charge is -2.11. The van der Waals surface area contributed by atoms with E-state index in [1.165, 1.54) is 36.4 Å². The Bertz CT molecular complexity index is 1420. The highest BCUT2D eigenvalue weighted by Gasteiger charge is 2.67. The van der Waals surface area contributed by atoms with Crippen LogP contribution in [0.2, 0.25) is 10.0 Å². The van der Waals surface area contributed by atoms with Crippen molar-refractivity contribution in [1.29, 1.82) is 0 Å². The maximum absolute atomic E-state index is 13.5. The topological polar surface area (TPSA) is 101 Å². The number of nitro groups is 1. The lowest BCUT2D eigenvalue weighted by atomic mass is 10.1. The van der Waals surface area contributed by atoms with E-state index >= 15 is 0 Å². The zero-order chi connectivity index (χ0) is 26.4. The summed E-state index contributed by atoms with van der Waals surface area (Å²) in [4.78, 5) is 36.7. The molecule has 36 heavy (non-hydrogen) atoms. The van der Waals surface area contributed by atoms with Gasteiger partial charge in [0.1, 0.15) is 15.8 Å². The second kappa shape index (κ2) is 9.86. The third-order valence-electron chi connectivity index (χ3n) is 5.79. The monoisotopic (exact) mass is 569 g/mol. The summed E-state index contributed by atoms with van der Waals surface area (Å²) in [6.07, 6.45) is 0. The quantitative estimate of drug-likeness (QED) is 0.187. The number of carbonyl (C=O) groups is 2. The van der Waals surface area contributed by atoms with Crippen molar-refractivity contribution in [2.24, 2.45) is 5.92 Å². The zero-order valence-electron chi connectivity index (χ0n) is 18.3. The molecule has 1 aliphatic rings. The number of rotatable bonds is 6. The van der Waals surface area contributed by atoms with Crippen LogP contribution in [0.1, 0.15) is 27.4 Å². The second-order valence-corrected chi connectivity index (χ2v) is 10.4. The average Bonchev–Trinajstić information content (AvgIpc) is 3.38. The van der Waals surface area contributed by atoms with Gasteiger partial charge in [-0.1, -0.05) is 41.4 Å². The summed E-state index contributed by atoms with van der Waals surface area (Å²) in [6, 6.07) is 12.7. The van der Waals surface area contributed by atoms with Gasteiger partial charge in [-0.25, -0.2) is 4.39 Å². The molecule has 0 heterocycles. The van der Waals surface area contributed by atoms with Gasteiger partial charge in [0.05, 0.1) is 26.4 Å². The van der Waals surface area contributed by atoms with Crippen LogP contribution in [0.5, 0.6) is 0 Å². The number of alkyl halides is 2. The van der Waals surface area contributed by atoms with Crippen LogP contribution in [-0.4, -0.2) is 21.1 Å². The number of aryl methyl sites for hydroxylation is 1. The van der Waals surface area contributed by atoms with E-state index in [1.54, 1.807) is 19.1 Å². The maximum Gasteiger partial charge on any atom is 0.295 e. The van der Waals surface area contributed by atoms with Gasteiger partial charge in [-0.15, -0.1) is 23.2 Å². The molecule has 0 aliphatic heterocycles. The molecular formula is C24H16Cl4FN3O4. The molecule has 1 aliphatic carbocycles. The van der Waals surface area contributed by atoms with E-state index in [2.05, 4.69) is 10.6 Å². The van der Waals surface area contributed by atoms with E-state index in [4.69, 9.17) is 46.4 Å². The van der Waals surface area contributed by atoms with Crippen LogP contribution in [-0.2, 0) is 4.79 Å². The van der Waals surface area contributed by atoms with Gasteiger partial charge in [-0.05, 0) is 48.9 Å². The van der Waals surface area contributed by atoms with Gasteiger partial charge in [0, 0.05) is 17.2 Å². The molecule has 1 saturated carbocycles. The first-order chi connectivity index (χ1) is 16.9. The van der Waals surface area contributed by atoms with Crippen molar-refractivity contribution in [3.63, 3.8) is 0 Å². The fraction of sp³-hybridized carbons (Fsp3) is 0.167. The predicted molar refractivity (Wildman–Crippen MR) is 138 cm³/mol. The van der Waals surface area contributed by atoms with Crippen LogP contribution in [0.25, 0.3) is 0 Å². The van der Waals surface area contributed by atoms with E-state index < -0.39 is 38.7 Å². The van der Waals surface area contributed by atoms with E-state index in [0.29, 0.717) is 11.1 Å².